The first-order valence-corrected chi connectivity index (χ1v) is 6.03. The van der Waals surface area contributed by atoms with Crippen LogP contribution >= 0.6 is 0 Å². The van der Waals surface area contributed by atoms with Gasteiger partial charge in [-0.3, -0.25) is 4.98 Å². The smallest absolute Gasteiger partial charge is 0.347 e. The number of ether oxygens (including phenoxy) is 2. The molecule has 98 valence electrons. The van der Waals surface area contributed by atoms with Gasteiger partial charge in [0, 0.05) is 6.20 Å². The van der Waals surface area contributed by atoms with Gasteiger partial charge in [-0.1, -0.05) is 30.3 Å². The molecule has 0 N–H and O–H groups in total. The van der Waals surface area contributed by atoms with E-state index in [1.807, 2.05) is 30.3 Å². The average Bonchev–Trinajstić information content (AvgIpc) is 2.47. The second-order valence-electron chi connectivity index (χ2n) is 4.04. The van der Waals surface area contributed by atoms with E-state index >= 15 is 0 Å². The Morgan fingerprint density at radius 1 is 1.21 bits per heavy atom. The Bertz CT molecular complexity index is 513. The molecule has 4 nitrogen and oxygen atoms in total. The molecule has 0 unspecified atom stereocenters. The zero-order valence-corrected chi connectivity index (χ0v) is 10.7. The molecule has 0 spiro atoms. The van der Waals surface area contributed by atoms with Gasteiger partial charge >= 0.3 is 5.97 Å². The van der Waals surface area contributed by atoms with Crippen LogP contribution in [0.25, 0.3) is 0 Å². The fourth-order valence-corrected chi connectivity index (χ4v) is 1.52. The van der Waals surface area contributed by atoms with Crippen LogP contribution in [0.15, 0.2) is 54.9 Å². The van der Waals surface area contributed by atoms with Gasteiger partial charge < -0.3 is 9.47 Å². The average molecular weight is 257 g/mol. The van der Waals surface area contributed by atoms with Crippen LogP contribution < -0.4 is 4.74 Å². The Morgan fingerprint density at radius 3 is 2.68 bits per heavy atom. The van der Waals surface area contributed by atoms with Gasteiger partial charge in [0.15, 0.2) is 6.10 Å². The van der Waals surface area contributed by atoms with Crippen molar-refractivity contribution in [3.05, 3.63) is 60.4 Å². The van der Waals surface area contributed by atoms with E-state index in [-0.39, 0.29) is 6.61 Å². The Balaban J connectivity index is 1.83. The van der Waals surface area contributed by atoms with Crippen LogP contribution in [0, 0.1) is 0 Å². The van der Waals surface area contributed by atoms with Crippen molar-refractivity contribution in [2.24, 2.45) is 0 Å². The number of hydrogen-bond donors (Lipinski definition) is 0. The lowest BCUT2D eigenvalue weighted by Crippen LogP contribution is -2.26. The Kier molecular flexibility index (Phi) is 4.50. The number of hydrogen-bond acceptors (Lipinski definition) is 4. The molecule has 2 rings (SSSR count). The number of nitrogens with zero attached hydrogens (tertiary/aromatic N) is 1. The second kappa shape index (κ2) is 6.54. The molecule has 1 aromatic heterocycles. The molecule has 0 aliphatic heterocycles. The number of benzene rings is 1. The van der Waals surface area contributed by atoms with Gasteiger partial charge in [-0.15, -0.1) is 0 Å². The SMILES string of the molecule is C[C@H](Oc1cccnc1)C(=O)OCc1ccccc1. The van der Waals surface area contributed by atoms with Crippen molar-refractivity contribution in [1.29, 1.82) is 0 Å². The third kappa shape index (κ3) is 4.10. The lowest BCUT2D eigenvalue weighted by molar-refractivity contribution is -0.152. The molecule has 4 heteroatoms. The van der Waals surface area contributed by atoms with Crippen molar-refractivity contribution in [1.82, 2.24) is 4.98 Å². The summed E-state index contributed by atoms with van der Waals surface area (Å²) in [6.07, 6.45) is 2.54. The summed E-state index contributed by atoms with van der Waals surface area (Å²) >= 11 is 0. The van der Waals surface area contributed by atoms with Gasteiger partial charge in [-0.05, 0) is 24.6 Å². The van der Waals surface area contributed by atoms with E-state index in [0.717, 1.165) is 5.56 Å². The van der Waals surface area contributed by atoms with Crippen LogP contribution in [-0.2, 0) is 16.1 Å². The number of esters is 1. The highest BCUT2D eigenvalue weighted by Crippen LogP contribution is 2.10. The number of pyridine rings is 1. The van der Waals surface area contributed by atoms with E-state index in [0.29, 0.717) is 5.75 Å². The van der Waals surface area contributed by atoms with Crippen molar-refractivity contribution in [3.8, 4) is 5.75 Å². The molecular formula is C15H15NO3. The maximum atomic E-state index is 11.8. The van der Waals surface area contributed by atoms with Crippen molar-refractivity contribution in [3.63, 3.8) is 0 Å². The Hall–Kier alpha value is -2.36. The van der Waals surface area contributed by atoms with E-state index in [4.69, 9.17) is 9.47 Å². The summed E-state index contributed by atoms with van der Waals surface area (Å²) in [5, 5.41) is 0. The third-order valence-corrected chi connectivity index (χ3v) is 2.50. The lowest BCUT2D eigenvalue weighted by atomic mass is 10.2. The summed E-state index contributed by atoms with van der Waals surface area (Å²) in [5.41, 5.74) is 0.949. The minimum atomic E-state index is -0.659. The largest absolute Gasteiger partial charge is 0.477 e. The fourth-order valence-electron chi connectivity index (χ4n) is 1.52. The fraction of sp³-hybridized carbons (Fsp3) is 0.200. The van der Waals surface area contributed by atoms with Crippen LogP contribution in [0.5, 0.6) is 5.75 Å². The molecule has 19 heavy (non-hydrogen) atoms. The maximum Gasteiger partial charge on any atom is 0.347 e. The van der Waals surface area contributed by atoms with Gasteiger partial charge in [-0.2, -0.15) is 0 Å². The zero-order chi connectivity index (χ0) is 13.5. The van der Waals surface area contributed by atoms with Gasteiger partial charge in [0.2, 0.25) is 0 Å². The molecule has 0 amide bonds. The Morgan fingerprint density at radius 2 is 2.00 bits per heavy atom. The molecule has 0 bridgehead atoms. The molecule has 0 saturated carbocycles. The van der Waals surface area contributed by atoms with Crippen molar-refractivity contribution >= 4 is 5.97 Å². The maximum absolute atomic E-state index is 11.8. The van der Waals surface area contributed by atoms with Gasteiger partial charge in [0.05, 0.1) is 6.20 Å². The molecule has 0 fully saturated rings. The predicted octanol–water partition coefficient (Wildman–Crippen LogP) is 2.59. The summed E-state index contributed by atoms with van der Waals surface area (Å²) in [6.45, 7) is 1.90. The summed E-state index contributed by atoms with van der Waals surface area (Å²) in [7, 11) is 0. The van der Waals surface area contributed by atoms with Crippen LogP contribution in [0.1, 0.15) is 12.5 Å². The molecular weight excluding hydrogens is 242 g/mol. The predicted molar refractivity (Wildman–Crippen MR) is 70.6 cm³/mol. The van der Waals surface area contributed by atoms with Crippen LogP contribution in [-0.4, -0.2) is 17.1 Å². The number of rotatable bonds is 5. The highest BCUT2D eigenvalue weighted by Gasteiger charge is 2.16. The van der Waals surface area contributed by atoms with Crippen molar-refractivity contribution < 1.29 is 14.3 Å². The molecule has 1 heterocycles. The zero-order valence-electron chi connectivity index (χ0n) is 10.7. The molecule has 0 aliphatic rings. The van der Waals surface area contributed by atoms with Gasteiger partial charge in [-0.25, -0.2) is 4.79 Å². The summed E-state index contributed by atoms with van der Waals surface area (Å²) in [4.78, 5) is 15.7. The van der Waals surface area contributed by atoms with E-state index < -0.39 is 12.1 Å². The monoisotopic (exact) mass is 257 g/mol. The van der Waals surface area contributed by atoms with Crippen molar-refractivity contribution in [2.45, 2.75) is 19.6 Å². The summed E-state index contributed by atoms with van der Waals surface area (Å²) in [5.74, 6) is 0.152. The lowest BCUT2D eigenvalue weighted by Gasteiger charge is -2.13. The van der Waals surface area contributed by atoms with Crippen molar-refractivity contribution in [2.75, 3.05) is 0 Å². The van der Waals surface area contributed by atoms with Gasteiger partial charge in [0.25, 0.3) is 0 Å². The van der Waals surface area contributed by atoms with E-state index in [1.54, 1.807) is 31.5 Å². The molecule has 1 aromatic carbocycles. The van der Waals surface area contributed by atoms with Gasteiger partial charge in [0.1, 0.15) is 12.4 Å². The van der Waals surface area contributed by atoms with Crippen LogP contribution in [0.3, 0.4) is 0 Å². The topological polar surface area (TPSA) is 48.4 Å². The van der Waals surface area contributed by atoms with E-state index in [1.165, 1.54) is 0 Å². The number of carbonyl (C=O) groups is 1. The molecule has 0 radical (unpaired) electrons. The molecule has 0 aliphatic carbocycles. The first-order chi connectivity index (χ1) is 9.25. The first-order valence-electron chi connectivity index (χ1n) is 6.03. The van der Waals surface area contributed by atoms with Crippen LogP contribution in [0.2, 0.25) is 0 Å². The molecule has 2 aromatic rings. The number of carbonyl (C=O) groups excluding carboxylic acids is 1. The standard InChI is InChI=1S/C15H15NO3/c1-12(19-14-8-5-9-16-10-14)15(17)18-11-13-6-3-2-4-7-13/h2-10,12H,11H2,1H3/t12-/m0/s1. The minimum absolute atomic E-state index is 0.250. The highest BCUT2D eigenvalue weighted by atomic mass is 16.6. The second-order valence-corrected chi connectivity index (χ2v) is 4.04. The minimum Gasteiger partial charge on any atom is -0.477 e. The quantitative estimate of drug-likeness (QED) is 0.772. The van der Waals surface area contributed by atoms with E-state index in [2.05, 4.69) is 4.98 Å². The highest BCUT2D eigenvalue weighted by molar-refractivity contribution is 5.74. The van der Waals surface area contributed by atoms with Crippen LogP contribution in [0.4, 0.5) is 0 Å². The van der Waals surface area contributed by atoms with E-state index in [9.17, 15) is 4.79 Å². The Labute approximate surface area is 112 Å². The molecule has 0 saturated heterocycles. The summed E-state index contributed by atoms with van der Waals surface area (Å²) < 4.78 is 10.6. The third-order valence-electron chi connectivity index (χ3n) is 2.50. The first kappa shape index (κ1) is 13.1. The molecule has 1 atom stereocenters. The number of aromatic nitrogens is 1. The normalized spacial score (nSPS) is 11.6. The summed E-state index contributed by atoms with van der Waals surface area (Å²) in [6, 6.07) is 13.0.